The van der Waals surface area contributed by atoms with Gasteiger partial charge in [-0.25, -0.2) is 0 Å². The monoisotopic (exact) mass is 248 g/mol. The molecule has 2 N–H and O–H groups in total. The average molecular weight is 248 g/mol. The van der Waals surface area contributed by atoms with Crippen LogP contribution in [-0.2, 0) is 11.3 Å². The van der Waals surface area contributed by atoms with E-state index in [0.29, 0.717) is 6.54 Å². The fourth-order valence-corrected chi connectivity index (χ4v) is 2.10. The van der Waals surface area contributed by atoms with Gasteiger partial charge in [0.25, 0.3) is 0 Å². The average Bonchev–Trinajstić information content (AvgIpc) is 2.94. The molecule has 5 heteroatoms. The van der Waals surface area contributed by atoms with Crippen LogP contribution in [0.4, 0.5) is 0 Å². The summed E-state index contributed by atoms with van der Waals surface area (Å²) in [7, 11) is 0. The smallest absolute Gasteiger partial charge is 0.241 e. The summed E-state index contributed by atoms with van der Waals surface area (Å²) < 4.78 is 1.98. The van der Waals surface area contributed by atoms with E-state index in [-0.39, 0.29) is 11.9 Å². The first-order valence-electron chi connectivity index (χ1n) is 6.35. The third-order valence-electron chi connectivity index (χ3n) is 3.02. The highest BCUT2D eigenvalue weighted by atomic mass is 16.2. The van der Waals surface area contributed by atoms with Crippen LogP contribution < -0.4 is 10.6 Å². The van der Waals surface area contributed by atoms with Crippen molar-refractivity contribution < 1.29 is 4.79 Å². The zero-order chi connectivity index (χ0) is 13.0. The summed E-state index contributed by atoms with van der Waals surface area (Å²) in [5, 5.41) is 10.4. The molecule has 1 aliphatic rings. The van der Waals surface area contributed by atoms with Crippen LogP contribution >= 0.6 is 0 Å². The van der Waals surface area contributed by atoms with Crippen molar-refractivity contribution in [2.24, 2.45) is 0 Å². The minimum absolute atomic E-state index is 0.0529. The lowest BCUT2D eigenvalue weighted by Crippen LogP contribution is -2.40. The maximum atomic E-state index is 11.7. The van der Waals surface area contributed by atoms with Crippen LogP contribution in [0.25, 0.3) is 0 Å². The molecular weight excluding hydrogens is 228 g/mol. The Balaban J connectivity index is 1.68. The summed E-state index contributed by atoms with van der Waals surface area (Å²) in [6.45, 7) is 6.34. The number of amides is 1. The van der Waals surface area contributed by atoms with Gasteiger partial charge in [-0.15, -0.1) is 0 Å². The first kappa shape index (κ1) is 12.8. The molecule has 1 aromatic rings. The Hall–Kier alpha value is -1.62. The Bertz CT molecular complexity index is 450. The third kappa shape index (κ3) is 3.20. The van der Waals surface area contributed by atoms with Crippen LogP contribution in [-0.4, -0.2) is 34.8 Å². The van der Waals surface area contributed by atoms with E-state index in [1.165, 1.54) is 5.69 Å². The lowest BCUT2D eigenvalue weighted by Gasteiger charge is -2.10. The molecule has 0 aromatic carbocycles. The van der Waals surface area contributed by atoms with Gasteiger partial charge in [0.15, 0.2) is 0 Å². The van der Waals surface area contributed by atoms with Gasteiger partial charge in [-0.3, -0.25) is 14.8 Å². The van der Waals surface area contributed by atoms with Crippen LogP contribution in [0.5, 0.6) is 0 Å². The summed E-state index contributed by atoms with van der Waals surface area (Å²) in [4.78, 5) is 11.7. The SMILES string of the molecule is Cc1cc(C)n(CCCNC(=O)C2C=CCN2)n1. The van der Waals surface area contributed by atoms with Gasteiger partial charge in [0.1, 0.15) is 6.04 Å². The van der Waals surface area contributed by atoms with Crippen LogP contribution in [0.3, 0.4) is 0 Å². The standard InChI is InChI=1S/C13H20N4O/c1-10-9-11(2)17(16-10)8-4-7-15-13(18)12-5-3-6-14-12/h3,5,9,12,14H,4,6-8H2,1-2H3,(H,15,18). The number of nitrogens with one attached hydrogen (secondary N) is 2. The highest BCUT2D eigenvalue weighted by Gasteiger charge is 2.16. The summed E-state index contributed by atoms with van der Waals surface area (Å²) in [6.07, 6.45) is 4.76. The molecule has 5 nitrogen and oxygen atoms in total. The molecule has 0 radical (unpaired) electrons. The molecule has 1 amide bonds. The number of nitrogens with zero attached hydrogens (tertiary/aromatic N) is 2. The largest absolute Gasteiger partial charge is 0.354 e. The van der Waals surface area contributed by atoms with Crippen LogP contribution in [0.2, 0.25) is 0 Å². The van der Waals surface area contributed by atoms with Gasteiger partial charge in [0, 0.05) is 25.3 Å². The van der Waals surface area contributed by atoms with Crippen molar-refractivity contribution in [3.8, 4) is 0 Å². The molecule has 2 heterocycles. The molecule has 1 unspecified atom stereocenters. The van der Waals surface area contributed by atoms with Crippen molar-refractivity contribution in [3.63, 3.8) is 0 Å². The molecule has 0 bridgehead atoms. The molecule has 0 saturated carbocycles. The number of rotatable bonds is 5. The quantitative estimate of drug-likeness (QED) is 0.590. The van der Waals surface area contributed by atoms with E-state index in [1.807, 2.05) is 30.7 Å². The fraction of sp³-hybridized carbons (Fsp3) is 0.538. The molecule has 0 spiro atoms. The molecule has 2 rings (SSSR count). The third-order valence-corrected chi connectivity index (χ3v) is 3.02. The molecule has 1 aliphatic heterocycles. The summed E-state index contributed by atoms with van der Waals surface area (Å²) >= 11 is 0. The van der Waals surface area contributed by atoms with Gasteiger partial charge in [-0.05, 0) is 26.3 Å². The van der Waals surface area contributed by atoms with Crippen molar-refractivity contribution in [3.05, 3.63) is 29.6 Å². The van der Waals surface area contributed by atoms with Gasteiger partial charge in [-0.2, -0.15) is 5.10 Å². The Morgan fingerprint density at radius 2 is 2.44 bits per heavy atom. The number of aromatic nitrogens is 2. The number of hydrogen-bond donors (Lipinski definition) is 2. The molecule has 0 fully saturated rings. The Kier molecular flexibility index (Phi) is 4.15. The Labute approximate surface area is 107 Å². The highest BCUT2D eigenvalue weighted by molar-refractivity contribution is 5.84. The van der Waals surface area contributed by atoms with Crippen molar-refractivity contribution in [2.45, 2.75) is 32.9 Å². The Morgan fingerprint density at radius 1 is 1.61 bits per heavy atom. The van der Waals surface area contributed by atoms with Gasteiger partial charge in [0.2, 0.25) is 5.91 Å². The number of carbonyl (C=O) groups excluding carboxylic acids is 1. The molecular formula is C13H20N4O. The molecule has 0 aliphatic carbocycles. The molecule has 1 atom stereocenters. The van der Waals surface area contributed by atoms with Crippen LogP contribution in [0.1, 0.15) is 17.8 Å². The lowest BCUT2D eigenvalue weighted by atomic mass is 10.3. The van der Waals surface area contributed by atoms with Crippen LogP contribution in [0, 0.1) is 13.8 Å². The minimum atomic E-state index is -0.154. The Morgan fingerprint density at radius 3 is 3.06 bits per heavy atom. The van der Waals surface area contributed by atoms with Gasteiger partial charge >= 0.3 is 0 Å². The first-order chi connectivity index (χ1) is 8.66. The normalized spacial score (nSPS) is 18.2. The second-order valence-electron chi connectivity index (χ2n) is 4.61. The van der Waals surface area contributed by atoms with E-state index in [4.69, 9.17) is 0 Å². The van der Waals surface area contributed by atoms with Crippen molar-refractivity contribution in [1.29, 1.82) is 0 Å². The summed E-state index contributed by atoms with van der Waals surface area (Å²) in [6, 6.07) is 1.91. The van der Waals surface area contributed by atoms with E-state index in [0.717, 1.165) is 25.2 Å². The minimum Gasteiger partial charge on any atom is -0.354 e. The number of carbonyl (C=O) groups is 1. The van der Waals surface area contributed by atoms with E-state index < -0.39 is 0 Å². The molecule has 0 saturated heterocycles. The summed E-state index contributed by atoms with van der Waals surface area (Å²) in [5.41, 5.74) is 2.20. The highest BCUT2D eigenvalue weighted by Crippen LogP contribution is 2.02. The van der Waals surface area contributed by atoms with Crippen LogP contribution in [0.15, 0.2) is 18.2 Å². The zero-order valence-corrected chi connectivity index (χ0v) is 10.9. The first-order valence-corrected chi connectivity index (χ1v) is 6.35. The van der Waals surface area contributed by atoms with Gasteiger partial charge in [-0.1, -0.05) is 12.2 Å². The molecule has 1 aromatic heterocycles. The van der Waals surface area contributed by atoms with Crippen molar-refractivity contribution in [2.75, 3.05) is 13.1 Å². The number of aryl methyl sites for hydroxylation is 3. The second kappa shape index (κ2) is 5.82. The lowest BCUT2D eigenvalue weighted by molar-refractivity contribution is -0.121. The maximum absolute atomic E-state index is 11.7. The molecule has 18 heavy (non-hydrogen) atoms. The van der Waals surface area contributed by atoms with E-state index >= 15 is 0 Å². The number of hydrogen-bond acceptors (Lipinski definition) is 3. The topological polar surface area (TPSA) is 59.0 Å². The predicted octanol–water partition coefficient (Wildman–Crippen LogP) is 0.534. The van der Waals surface area contributed by atoms with Gasteiger partial charge < -0.3 is 5.32 Å². The maximum Gasteiger partial charge on any atom is 0.241 e. The predicted molar refractivity (Wildman–Crippen MR) is 70.3 cm³/mol. The van der Waals surface area contributed by atoms with Crippen molar-refractivity contribution >= 4 is 5.91 Å². The summed E-state index contributed by atoms with van der Waals surface area (Å²) in [5.74, 6) is 0.0529. The molecule has 98 valence electrons. The van der Waals surface area contributed by atoms with Gasteiger partial charge in [0.05, 0.1) is 5.69 Å². The second-order valence-corrected chi connectivity index (χ2v) is 4.61. The van der Waals surface area contributed by atoms with Crippen molar-refractivity contribution in [1.82, 2.24) is 20.4 Å². The zero-order valence-electron chi connectivity index (χ0n) is 10.9. The fourth-order valence-electron chi connectivity index (χ4n) is 2.10. The van der Waals surface area contributed by atoms with E-state index in [1.54, 1.807) is 0 Å². The van der Waals surface area contributed by atoms with E-state index in [2.05, 4.69) is 21.8 Å². The van der Waals surface area contributed by atoms with E-state index in [9.17, 15) is 4.79 Å².